The first-order valence-electron chi connectivity index (χ1n) is 7.28. The highest BCUT2D eigenvalue weighted by atomic mass is 79.9. The third kappa shape index (κ3) is 3.51. The van der Waals surface area contributed by atoms with Gasteiger partial charge in [-0.2, -0.15) is 5.10 Å². The predicted molar refractivity (Wildman–Crippen MR) is 90.8 cm³/mol. The zero-order chi connectivity index (χ0) is 14.7. The molecule has 0 saturated heterocycles. The molecule has 0 unspecified atom stereocenters. The molecule has 0 radical (unpaired) electrons. The van der Waals surface area contributed by atoms with Gasteiger partial charge < -0.3 is 4.74 Å². The molecule has 1 aromatic carbocycles. The van der Waals surface area contributed by atoms with Gasteiger partial charge in [0.05, 0.1) is 16.2 Å². The molecule has 0 spiro atoms. The van der Waals surface area contributed by atoms with Gasteiger partial charge in [-0.15, -0.1) is 0 Å². The SMILES string of the molecule is BrCc1cccc(Br)c1OCc1ccn(C2CCCC2)n1. The molecular formula is C16H18Br2N2O. The molecule has 1 aliphatic rings. The van der Waals surface area contributed by atoms with Crippen molar-refractivity contribution in [2.75, 3.05) is 0 Å². The first-order valence-corrected chi connectivity index (χ1v) is 9.19. The van der Waals surface area contributed by atoms with Crippen molar-refractivity contribution in [1.29, 1.82) is 0 Å². The van der Waals surface area contributed by atoms with Gasteiger partial charge in [0, 0.05) is 17.1 Å². The molecular weight excluding hydrogens is 396 g/mol. The number of nitrogens with zero attached hydrogens (tertiary/aromatic N) is 2. The van der Waals surface area contributed by atoms with Crippen LogP contribution in [0.4, 0.5) is 0 Å². The van der Waals surface area contributed by atoms with Gasteiger partial charge in [0.15, 0.2) is 0 Å². The number of hydrogen-bond acceptors (Lipinski definition) is 2. The Hall–Kier alpha value is -0.810. The van der Waals surface area contributed by atoms with E-state index in [1.54, 1.807) is 0 Å². The lowest BCUT2D eigenvalue weighted by atomic mass is 10.2. The molecule has 1 aliphatic carbocycles. The molecule has 0 amide bonds. The van der Waals surface area contributed by atoms with Gasteiger partial charge in [0.25, 0.3) is 0 Å². The number of benzene rings is 1. The van der Waals surface area contributed by atoms with E-state index in [9.17, 15) is 0 Å². The molecule has 0 bridgehead atoms. The molecule has 1 saturated carbocycles. The summed E-state index contributed by atoms with van der Waals surface area (Å²) in [6.45, 7) is 0.502. The van der Waals surface area contributed by atoms with Crippen LogP contribution in [0.25, 0.3) is 0 Å². The number of rotatable bonds is 5. The maximum Gasteiger partial charge on any atom is 0.138 e. The van der Waals surface area contributed by atoms with E-state index in [0.717, 1.165) is 26.8 Å². The summed E-state index contributed by atoms with van der Waals surface area (Å²) in [5.41, 5.74) is 2.12. The topological polar surface area (TPSA) is 27.1 Å². The lowest BCUT2D eigenvalue weighted by Gasteiger charge is -2.11. The molecule has 2 aromatic rings. The van der Waals surface area contributed by atoms with Gasteiger partial charge in [-0.1, -0.05) is 40.9 Å². The molecule has 1 fully saturated rings. The number of halogens is 2. The highest BCUT2D eigenvalue weighted by Crippen LogP contribution is 2.32. The van der Waals surface area contributed by atoms with Crippen LogP contribution in [-0.4, -0.2) is 9.78 Å². The Morgan fingerprint density at radius 2 is 2.05 bits per heavy atom. The van der Waals surface area contributed by atoms with Crippen molar-refractivity contribution in [3.05, 3.63) is 46.2 Å². The van der Waals surface area contributed by atoms with Crippen LogP contribution in [0.1, 0.15) is 43.0 Å². The lowest BCUT2D eigenvalue weighted by Crippen LogP contribution is -2.06. The van der Waals surface area contributed by atoms with E-state index in [-0.39, 0.29) is 0 Å². The second-order valence-electron chi connectivity index (χ2n) is 5.38. The van der Waals surface area contributed by atoms with Gasteiger partial charge >= 0.3 is 0 Å². The van der Waals surface area contributed by atoms with E-state index < -0.39 is 0 Å². The molecule has 1 heterocycles. The molecule has 1 aromatic heterocycles. The second-order valence-corrected chi connectivity index (χ2v) is 6.79. The fourth-order valence-corrected chi connectivity index (χ4v) is 3.76. The van der Waals surface area contributed by atoms with Gasteiger partial charge in [-0.05, 0) is 40.9 Å². The van der Waals surface area contributed by atoms with E-state index in [2.05, 4.69) is 60.0 Å². The van der Waals surface area contributed by atoms with Crippen LogP contribution in [-0.2, 0) is 11.9 Å². The normalized spacial score (nSPS) is 15.5. The van der Waals surface area contributed by atoms with Crippen molar-refractivity contribution in [2.24, 2.45) is 0 Å². The van der Waals surface area contributed by atoms with Crippen LogP contribution < -0.4 is 4.74 Å². The number of alkyl halides is 1. The monoisotopic (exact) mass is 412 g/mol. The van der Waals surface area contributed by atoms with E-state index in [1.807, 2.05) is 12.1 Å². The maximum absolute atomic E-state index is 5.97. The largest absolute Gasteiger partial charge is 0.486 e. The van der Waals surface area contributed by atoms with Crippen LogP contribution in [0, 0.1) is 0 Å². The van der Waals surface area contributed by atoms with E-state index in [1.165, 1.54) is 25.7 Å². The van der Waals surface area contributed by atoms with Gasteiger partial charge in [-0.25, -0.2) is 0 Å². The van der Waals surface area contributed by atoms with Crippen molar-refractivity contribution in [2.45, 2.75) is 43.7 Å². The zero-order valence-electron chi connectivity index (χ0n) is 11.8. The Bertz CT molecular complexity index is 606. The molecule has 0 N–H and O–H groups in total. The van der Waals surface area contributed by atoms with Crippen molar-refractivity contribution >= 4 is 31.9 Å². The van der Waals surface area contributed by atoms with Gasteiger partial charge in [0.1, 0.15) is 12.4 Å². The summed E-state index contributed by atoms with van der Waals surface area (Å²) in [6.07, 6.45) is 7.23. The number of para-hydroxylation sites is 1. The van der Waals surface area contributed by atoms with Gasteiger partial charge in [0.2, 0.25) is 0 Å². The Kier molecular flexibility index (Phi) is 5.01. The molecule has 0 aliphatic heterocycles. The minimum atomic E-state index is 0.502. The fraction of sp³-hybridized carbons (Fsp3) is 0.438. The quantitative estimate of drug-likeness (QED) is 0.627. The van der Waals surface area contributed by atoms with Crippen molar-refractivity contribution in [3.8, 4) is 5.75 Å². The number of ether oxygens (including phenoxy) is 1. The van der Waals surface area contributed by atoms with Crippen LogP contribution in [0.5, 0.6) is 5.75 Å². The average Bonchev–Trinajstić information content (AvgIpc) is 3.16. The third-order valence-corrected chi connectivity index (χ3v) is 5.15. The Morgan fingerprint density at radius 1 is 1.24 bits per heavy atom. The average molecular weight is 414 g/mol. The number of hydrogen-bond donors (Lipinski definition) is 0. The minimum absolute atomic E-state index is 0.502. The summed E-state index contributed by atoms with van der Waals surface area (Å²) in [4.78, 5) is 0. The van der Waals surface area contributed by atoms with Crippen molar-refractivity contribution in [3.63, 3.8) is 0 Å². The lowest BCUT2D eigenvalue weighted by molar-refractivity contribution is 0.294. The van der Waals surface area contributed by atoms with Crippen molar-refractivity contribution < 1.29 is 4.74 Å². The standard InChI is InChI=1S/C16H18Br2N2O/c17-10-12-4-3-7-15(18)16(12)21-11-13-8-9-20(19-13)14-5-1-2-6-14/h3-4,7-9,14H,1-2,5-6,10-11H2. The Labute approximate surface area is 141 Å². The molecule has 5 heteroatoms. The molecule has 3 rings (SSSR count). The highest BCUT2D eigenvalue weighted by Gasteiger charge is 2.17. The molecule has 0 atom stereocenters. The summed E-state index contributed by atoms with van der Waals surface area (Å²) in [5.74, 6) is 0.893. The van der Waals surface area contributed by atoms with Crippen LogP contribution in [0.15, 0.2) is 34.9 Å². The second kappa shape index (κ2) is 6.97. The van der Waals surface area contributed by atoms with E-state index >= 15 is 0 Å². The first-order chi connectivity index (χ1) is 10.3. The summed E-state index contributed by atoms with van der Waals surface area (Å²) in [5, 5.41) is 5.43. The minimum Gasteiger partial charge on any atom is -0.486 e. The van der Waals surface area contributed by atoms with Gasteiger partial charge in [-0.3, -0.25) is 4.68 Å². The Balaban J connectivity index is 1.68. The van der Waals surface area contributed by atoms with E-state index in [4.69, 9.17) is 4.74 Å². The van der Waals surface area contributed by atoms with E-state index in [0.29, 0.717) is 12.6 Å². The molecule has 112 valence electrons. The Morgan fingerprint density at radius 3 is 2.81 bits per heavy atom. The molecule has 3 nitrogen and oxygen atoms in total. The maximum atomic E-state index is 5.97. The smallest absolute Gasteiger partial charge is 0.138 e. The third-order valence-electron chi connectivity index (χ3n) is 3.92. The van der Waals surface area contributed by atoms with Crippen LogP contribution in [0.2, 0.25) is 0 Å². The fourth-order valence-electron chi connectivity index (χ4n) is 2.79. The van der Waals surface area contributed by atoms with Crippen LogP contribution >= 0.6 is 31.9 Å². The van der Waals surface area contributed by atoms with Crippen LogP contribution in [0.3, 0.4) is 0 Å². The first kappa shape index (κ1) is 15.1. The predicted octanol–water partition coefficient (Wildman–Crippen LogP) is 5.23. The highest BCUT2D eigenvalue weighted by molar-refractivity contribution is 9.10. The zero-order valence-corrected chi connectivity index (χ0v) is 14.9. The summed E-state index contributed by atoms with van der Waals surface area (Å²) >= 11 is 7.05. The van der Waals surface area contributed by atoms with Crippen molar-refractivity contribution in [1.82, 2.24) is 9.78 Å². The summed E-state index contributed by atoms with van der Waals surface area (Å²) in [7, 11) is 0. The molecule has 21 heavy (non-hydrogen) atoms. The summed E-state index contributed by atoms with van der Waals surface area (Å²) in [6, 6.07) is 8.72. The summed E-state index contributed by atoms with van der Waals surface area (Å²) < 4.78 is 9.06. The number of aromatic nitrogens is 2.